The molecule has 0 radical (unpaired) electrons. The van der Waals surface area contributed by atoms with Crippen LogP contribution in [0.2, 0.25) is 0 Å². The molecule has 2 aliphatic heterocycles. The van der Waals surface area contributed by atoms with Crippen molar-refractivity contribution in [2.24, 2.45) is 10.1 Å². The van der Waals surface area contributed by atoms with E-state index >= 15 is 0 Å². The van der Waals surface area contributed by atoms with Crippen molar-refractivity contribution in [3.05, 3.63) is 24.0 Å². The minimum atomic E-state index is 0.796. The first-order valence-electron chi connectivity index (χ1n) is 3.18. The second-order valence-electron chi connectivity index (χ2n) is 2.07. The second kappa shape index (κ2) is 2.10. The van der Waals surface area contributed by atoms with Crippen molar-refractivity contribution in [2.75, 3.05) is 6.54 Å². The van der Waals surface area contributed by atoms with E-state index in [1.807, 2.05) is 29.5 Å². The maximum Gasteiger partial charge on any atom is 0.148 e. The highest BCUT2D eigenvalue weighted by atomic mass is 15.5. The van der Waals surface area contributed by atoms with Crippen molar-refractivity contribution in [3.8, 4) is 0 Å². The Labute approximate surface area is 59.1 Å². The zero-order valence-electron chi connectivity index (χ0n) is 5.44. The third-order valence-corrected chi connectivity index (χ3v) is 1.39. The SMILES string of the molecule is C1=CC=C2N=CCN2N=C1. The summed E-state index contributed by atoms with van der Waals surface area (Å²) in [6.45, 7) is 0.796. The molecule has 0 unspecified atom stereocenters. The summed E-state index contributed by atoms with van der Waals surface area (Å²) >= 11 is 0. The number of allylic oxidation sites excluding steroid dienone is 3. The van der Waals surface area contributed by atoms with Gasteiger partial charge in [-0.1, -0.05) is 6.08 Å². The van der Waals surface area contributed by atoms with Crippen LogP contribution in [-0.2, 0) is 0 Å². The predicted molar refractivity (Wildman–Crippen MR) is 40.9 cm³/mol. The summed E-state index contributed by atoms with van der Waals surface area (Å²) < 4.78 is 0. The predicted octanol–water partition coefficient (Wildman–Crippen LogP) is 0.770. The van der Waals surface area contributed by atoms with Crippen molar-refractivity contribution in [2.45, 2.75) is 0 Å². The molecule has 3 nitrogen and oxygen atoms in total. The fourth-order valence-electron chi connectivity index (χ4n) is 0.918. The highest BCUT2D eigenvalue weighted by molar-refractivity contribution is 5.73. The van der Waals surface area contributed by atoms with Crippen molar-refractivity contribution in [1.82, 2.24) is 5.01 Å². The molecule has 0 aromatic carbocycles. The molecule has 2 rings (SSSR count). The highest BCUT2D eigenvalue weighted by Crippen LogP contribution is 2.12. The summed E-state index contributed by atoms with van der Waals surface area (Å²) in [6.07, 6.45) is 9.37. The normalized spacial score (nSPS) is 20.8. The van der Waals surface area contributed by atoms with Gasteiger partial charge in [-0.25, -0.2) is 10.0 Å². The summed E-state index contributed by atoms with van der Waals surface area (Å²) in [5.74, 6) is 0.921. The molecule has 0 bridgehead atoms. The van der Waals surface area contributed by atoms with E-state index in [1.54, 1.807) is 6.21 Å². The number of hydrogen-bond acceptors (Lipinski definition) is 3. The minimum Gasteiger partial charge on any atom is -0.242 e. The second-order valence-corrected chi connectivity index (χ2v) is 2.07. The lowest BCUT2D eigenvalue weighted by molar-refractivity contribution is 0.437. The molecule has 0 saturated carbocycles. The van der Waals surface area contributed by atoms with Crippen molar-refractivity contribution >= 4 is 12.4 Å². The van der Waals surface area contributed by atoms with Gasteiger partial charge >= 0.3 is 0 Å². The average molecular weight is 133 g/mol. The minimum absolute atomic E-state index is 0.796. The Morgan fingerprint density at radius 3 is 3.40 bits per heavy atom. The van der Waals surface area contributed by atoms with E-state index in [0.717, 1.165) is 12.4 Å². The van der Waals surface area contributed by atoms with Gasteiger partial charge in [0.1, 0.15) is 5.82 Å². The molecule has 3 heteroatoms. The van der Waals surface area contributed by atoms with E-state index in [9.17, 15) is 0 Å². The zero-order valence-corrected chi connectivity index (χ0v) is 5.44. The van der Waals surface area contributed by atoms with Gasteiger partial charge in [0.25, 0.3) is 0 Å². The summed E-state index contributed by atoms with van der Waals surface area (Å²) in [5, 5.41) is 5.96. The van der Waals surface area contributed by atoms with E-state index in [-0.39, 0.29) is 0 Å². The van der Waals surface area contributed by atoms with Gasteiger partial charge in [-0.05, 0) is 12.2 Å². The largest absolute Gasteiger partial charge is 0.242 e. The number of fused-ring (bicyclic) bond motifs is 1. The standard InChI is InChI=1S/C7H7N3/c1-2-4-9-10-6-5-8-7(10)3-1/h1-5H,6H2. The molecule has 50 valence electrons. The average Bonchev–Trinajstić information content (AvgIpc) is 2.28. The third-order valence-electron chi connectivity index (χ3n) is 1.39. The number of hydrogen-bond donors (Lipinski definition) is 0. The van der Waals surface area contributed by atoms with Crippen LogP contribution in [-0.4, -0.2) is 24.0 Å². The van der Waals surface area contributed by atoms with Crippen LogP contribution in [0.15, 0.2) is 34.1 Å². The molecular weight excluding hydrogens is 126 g/mol. The fourth-order valence-corrected chi connectivity index (χ4v) is 0.918. The zero-order chi connectivity index (χ0) is 6.81. The first kappa shape index (κ1) is 5.41. The lowest BCUT2D eigenvalue weighted by atomic mass is 10.5. The van der Waals surface area contributed by atoms with E-state index in [4.69, 9.17) is 0 Å². The number of aliphatic imine (C=N–C) groups is 1. The van der Waals surface area contributed by atoms with Crippen LogP contribution in [0.3, 0.4) is 0 Å². The summed E-state index contributed by atoms with van der Waals surface area (Å²) in [5.41, 5.74) is 0. The Kier molecular flexibility index (Phi) is 1.13. The first-order valence-corrected chi connectivity index (χ1v) is 3.18. The highest BCUT2D eigenvalue weighted by Gasteiger charge is 2.10. The van der Waals surface area contributed by atoms with Crippen LogP contribution in [0.25, 0.3) is 0 Å². The molecule has 0 aromatic heterocycles. The van der Waals surface area contributed by atoms with Crippen molar-refractivity contribution in [3.63, 3.8) is 0 Å². The molecule has 10 heavy (non-hydrogen) atoms. The van der Waals surface area contributed by atoms with Crippen LogP contribution >= 0.6 is 0 Å². The summed E-state index contributed by atoms with van der Waals surface area (Å²) in [7, 11) is 0. The molecule has 0 aliphatic carbocycles. The van der Waals surface area contributed by atoms with Crippen LogP contribution < -0.4 is 0 Å². The molecule has 0 N–H and O–H groups in total. The van der Waals surface area contributed by atoms with Crippen molar-refractivity contribution in [1.29, 1.82) is 0 Å². The van der Waals surface area contributed by atoms with Crippen LogP contribution in [0, 0.1) is 0 Å². The van der Waals surface area contributed by atoms with E-state index in [1.165, 1.54) is 0 Å². The molecule has 0 spiro atoms. The number of hydrazone groups is 1. The van der Waals surface area contributed by atoms with Gasteiger partial charge in [-0.3, -0.25) is 0 Å². The molecule has 0 atom stereocenters. The lowest BCUT2D eigenvalue weighted by Crippen LogP contribution is -2.10. The van der Waals surface area contributed by atoms with Gasteiger partial charge in [0.05, 0.1) is 6.54 Å². The fraction of sp³-hybridized carbons (Fsp3) is 0.143. The Balaban J connectivity index is 2.36. The van der Waals surface area contributed by atoms with Crippen molar-refractivity contribution < 1.29 is 0 Å². The van der Waals surface area contributed by atoms with E-state index in [2.05, 4.69) is 10.1 Å². The summed E-state index contributed by atoms with van der Waals surface area (Å²) in [6, 6.07) is 0. The summed E-state index contributed by atoms with van der Waals surface area (Å²) in [4.78, 5) is 4.11. The monoisotopic (exact) mass is 133 g/mol. The molecule has 2 heterocycles. The lowest BCUT2D eigenvalue weighted by Gasteiger charge is -2.08. The van der Waals surface area contributed by atoms with Gasteiger partial charge in [0.15, 0.2) is 0 Å². The molecular formula is C7H7N3. The maximum atomic E-state index is 4.11. The molecule has 0 amide bonds. The van der Waals surface area contributed by atoms with Gasteiger partial charge in [0, 0.05) is 12.4 Å². The van der Waals surface area contributed by atoms with E-state index < -0.39 is 0 Å². The Hall–Kier alpha value is -1.38. The Morgan fingerprint density at radius 2 is 2.40 bits per heavy atom. The molecule has 0 aromatic rings. The molecule has 2 aliphatic rings. The van der Waals surface area contributed by atoms with E-state index in [0.29, 0.717) is 0 Å². The van der Waals surface area contributed by atoms with Gasteiger partial charge in [-0.15, -0.1) is 0 Å². The van der Waals surface area contributed by atoms with Gasteiger partial charge in [-0.2, -0.15) is 5.10 Å². The van der Waals surface area contributed by atoms with Crippen LogP contribution in [0.4, 0.5) is 0 Å². The third kappa shape index (κ3) is 0.757. The quantitative estimate of drug-likeness (QED) is 0.479. The van der Waals surface area contributed by atoms with Crippen LogP contribution in [0.1, 0.15) is 0 Å². The first-order chi connectivity index (χ1) is 4.97. The van der Waals surface area contributed by atoms with Crippen LogP contribution in [0.5, 0.6) is 0 Å². The Bertz CT molecular complexity index is 248. The maximum absolute atomic E-state index is 4.11. The van der Waals surface area contributed by atoms with Gasteiger partial charge < -0.3 is 0 Å². The van der Waals surface area contributed by atoms with Gasteiger partial charge in [0.2, 0.25) is 0 Å². The number of rotatable bonds is 0. The number of nitrogens with zero attached hydrogens (tertiary/aromatic N) is 3. The smallest absolute Gasteiger partial charge is 0.148 e. The Morgan fingerprint density at radius 1 is 1.40 bits per heavy atom. The molecule has 0 fully saturated rings. The molecule has 0 saturated heterocycles. The topological polar surface area (TPSA) is 28.0 Å².